The number of hydrogen-bond donors (Lipinski definition) is 1. The second-order valence-corrected chi connectivity index (χ2v) is 3.61. The highest BCUT2D eigenvalue weighted by molar-refractivity contribution is 5.75. The Bertz CT molecular complexity index is 155. The molecule has 1 fully saturated rings. The van der Waals surface area contributed by atoms with Crippen LogP contribution in [-0.2, 0) is 4.79 Å². The van der Waals surface area contributed by atoms with Gasteiger partial charge in [0.25, 0.3) is 0 Å². The molecule has 1 aliphatic rings. The third-order valence-electron chi connectivity index (χ3n) is 2.25. The summed E-state index contributed by atoms with van der Waals surface area (Å²) >= 11 is 0. The lowest BCUT2D eigenvalue weighted by Gasteiger charge is -2.16. The third kappa shape index (κ3) is 3.22. The van der Waals surface area contributed by atoms with Crippen molar-refractivity contribution in [2.24, 2.45) is 11.7 Å². The fourth-order valence-electron chi connectivity index (χ4n) is 1.23. The molecule has 0 aromatic rings. The molecule has 0 saturated heterocycles. The molecule has 1 rings (SSSR count). The second kappa shape index (κ2) is 4.45. The lowest BCUT2D eigenvalue weighted by Crippen LogP contribution is -2.28. The fraction of sp³-hybridized carbons (Fsp3) is 0.889. The summed E-state index contributed by atoms with van der Waals surface area (Å²) in [6.45, 7) is 1.56. The predicted octanol–water partition coefficient (Wildman–Crippen LogP) is 0.594. The van der Waals surface area contributed by atoms with E-state index in [1.54, 1.807) is 0 Å². The van der Waals surface area contributed by atoms with Gasteiger partial charge in [-0.2, -0.15) is 0 Å². The van der Waals surface area contributed by atoms with Gasteiger partial charge in [0.05, 0.1) is 0 Å². The molecule has 0 heterocycles. The molecule has 12 heavy (non-hydrogen) atoms. The van der Waals surface area contributed by atoms with E-state index in [2.05, 4.69) is 0 Å². The Morgan fingerprint density at radius 2 is 2.25 bits per heavy atom. The van der Waals surface area contributed by atoms with Gasteiger partial charge in [-0.05, 0) is 31.7 Å². The number of nitrogens with two attached hydrogens (primary N) is 1. The van der Waals surface area contributed by atoms with E-state index >= 15 is 0 Å². The highest BCUT2D eigenvalue weighted by Crippen LogP contribution is 2.29. The number of carbonyl (C=O) groups is 1. The van der Waals surface area contributed by atoms with E-state index in [9.17, 15) is 4.79 Å². The molecule has 0 aromatic heterocycles. The standard InChI is InChI=1S/C9H18N2O/c1-11(7-8-4-5-8)9(12)3-2-6-10/h8H,2-7,10H2,1H3. The van der Waals surface area contributed by atoms with Crippen molar-refractivity contribution in [1.29, 1.82) is 0 Å². The molecule has 0 aromatic carbocycles. The van der Waals surface area contributed by atoms with Crippen molar-refractivity contribution in [2.75, 3.05) is 20.1 Å². The van der Waals surface area contributed by atoms with E-state index in [4.69, 9.17) is 5.73 Å². The van der Waals surface area contributed by atoms with E-state index < -0.39 is 0 Å². The van der Waals surface area contributed by atoms with Crippen LogP contribution in [0.5, 0.6) is 0 Å². The van der Waals surface area contributed by atoms with Gasteiger partial charge in [-0.25, -0.2) is 0 Å². The molecule has 3 heteroatoms. The second-order valence-electron chi connectivity index (χ2n) is 3.61. The summed E-state index contributed by atoms with van der Waals surface area (Å²) in [4.78, 5) is 13.2. The Morgan fingerprint density at radius 1 is 1.58 bits per heavy atom. The quantitative estimate of drug-likeness (QED) is 0.656. The maximum atomic E-state index is 11.3. The summed E-state index contributed by atoms with van der Waals surface area (Å²) in [6, 6.07) is 0. The Kier molecular flexibility index (Phi) is 3.53. The predicted molar refractivity (Wildman–Crippen MR) is 48.6 cm³/mol. The molecule has 0 atom stereocenters. The van der Waals surface area contributed by atoms with Gasteiger partial charge in [0.1, 0.15) is 0 Å². The first kappa shape index (κ1) is 9.52. The summed E-state index contributed by atoms with van der Waals surface area (Å²) in [5.74, 6) is 1.03. The molecule has 0 aliphatic heterocycles. The normalized spacial score (nSPS) is 16.2. The molecule has 0 unspecified atom stereocenters. The van der Waals surface area contributed by atoms with Crippen molar-refractivity contribution in [2.45, 2.75) is 25.7 Å². The molecule has 70 valence electrons. The topological polar surface area (TPSA) is 46.3 Å². The van der Waals surface area contributed by atoms with Crippen molar-refractivity contribution < 1.29 is 4.79 Å². The van der Waals surface area contributed by atoms with Gasteiger partial charge in [0.2, 0.25) is 5.91 Å². The summed E-state index contributed by atoms with van der Waals surface area (Å²) in [5, 5.41) is 0. The van der Waals surface area contributed by atoms with Crippen molar-refractivity contribution in [3.8, 4) is 0 Å². The monoisotopic (exact) mass is 170 g/mol. The Labute approximate surface area is 73.9 Å². The maximum Gasteiger partial charge on any atom is 0.222 e. The zero-order chi connectivity index (χ0) is 8.97. The van der Waals surface area contributed by atoms with E-state index in [0.717, 1.165) is 18.9 Å². The van der Waals surface area contributed by atoms with Crippen LogP contribution in [0.2, 0.25) is 0 Å². The van der Waals surface area contributed by atoms with Gasteiger partial charge >= 0.3 is 0 Å². The highest BCUT2D eigenvalue weighted by atomic mass is 16.2. The zero-order valence-corrected chi connectivity index (χ0v) is 7.75. The lowest BCUT2D eigenvalue weighted by atomic mass is 10.2. The summed E-state index contributed by atoms with van der Waals surface area (Å²) in [6.07, 6.45) is 4.02. The van der Waals surface area contributed by atoms with Crippen LogP contribution >= 0.6 is 0 Å². The minimum Gasteiger partial charge on any atom is -0.345 e. The van der Waals surface area contributed by atoms with E-state index in [0.29, 0.717) is 13.0 Å². The molecule has 0 spiro atoms. The van der Waals surface area contributed by atoms with Gasteiger partial charge in [-0.1, -0.05) is 0 Å². The molecule has 0 radical (unpaired) electrons. The van der Waals surface area contributed by atoms with Crippen molar-refractivity contribution in [3.05, 3.63) is 0 Å². The average Bonchev–Trinajstić information content (AvgIpc) is 2.83. The minimum absolute atomic E-state index is 0.243. The third-order valence-corrected chi connectivity index (χ3v) is 2.25. The largest absolute Gasteiger partial charge is 0.345 e. The zero-order valence-electron chi connectivity index (χ0n) is 7.75. The first-order chi connectivity index (χ1) is 5.74. The van der Waals surface area contributed by atoms with Crippen LogP contribution in [0.25, 0.3) is 0 Å². The van der Waals surface area contributed by atoms with Gasteiger partial charge in [-0.15, -0.1) is 0 Å². The Hall–Kier alpha value is -0.570. The summed E-state index contributed by atoms with van der Waals surface area (Å²) in [5.41, 5.74) is 5.32. The van der Waals surface area contributed by atoms with Crippen LogP contribution in [0.4, 0.5) is 0 Å². The smallest absolute Gasteiger partial charge is 0.222 e. The molecule has 1 amide bonds. The van der Waals surface area contributed by atoms with Crippen LogP contribution in [-0.4, -0.2) is 30.9 Å². The molecular formula is C9H18N2O. The van der Waals surface area contributed by atoms with Gasteiger partial charge in [0, 0.05) is 20.0 Å². The fourth-order valence-corrected chi connectivity index (χ4v) is 1.23. The number of rotatable bonds is 5. The number of amides is 1. The molecule has 1 aliphatic carbocycles. The van der Waals surface area contributed by atoms with Crippen LogP contribution < -0.4 is 5.73 Å². The highest BCUT2D eigenvalue weighted by Gasteiger charge is 2.24. The molecule has 1 saturated carbocycles. The molecule has 0 bridgehead atoms. The number of nitrogens with zero attached hydrogens (tertiary/aromatic N) is 1. The number of carbonyl (C=O) groups excluding carboxylic acids is 1. The first-order valence-electron chi connectivity index (χ1n) is 4.68. The van der Waals surface area contributed by atoms with Gasteiger partial charge in [0.15, 0.2) is 0 Å². The van der Waals surface area contributed by atoms with Gasteiger partial charge in [-0.3, -0.25) is 4.79 Å². The maximum absolute atomic E-state index is 11.3. The number of hydrogen-bond acceptors (Lipinski definition) is 2. The van der Waals surface area contributed by atoms with Crippen molar-refractivity contribution in [1.82, 2.24) is 4.90 Å². The minimum atomic E-state index is 0.243. The van der Waals surface area contributed by atoms with Crippen molar-refractivity contribution in [3.63, 3.8) is 0 Å². The summed E-state index contributed by atoms with van der Waals surface area (Å²) < 4.78 is 0. The van der Waals surface area contributed by atoms with Crippen molar-refractivity contribution >= 4 is 5.91 Å². The first-order valence-corrected chi connectivity index (χ1v) is 4.68. The molecule has 3 nitrogen and oxygen atoms in total. The van der Waals surface area contributed by atoms with Crippen LogP contribution in [0.3, 0.4) is 0 Å². The Balaban J connectivity index is 2.11. The van der Waals surface area contributed by atoms with Crippen LogP contribution in [0.15, 0.2) is 0 Å². The van der Waals surface area contributed by atoms with Crippen LogP contribution in [0, 0.1) is 5.92 Å². The van der Waals surface area contributed by atoms with E-state index in [1.165, 1.54) is 12.8 Å². The van der Waals surface area contributed by atoms with E-state index in [-0.39, 0.29) is 5.91 Å². The molecular weight excluding hydrogens is 152 g/mol. The van der Waals surface area contributed by atoms with E-state index in [1.807, 2.05) is 11.9 Å². The average molecular weight is 170 g/mol. The molecule has 2 N–H and O–H groups in total. The van der Waals surface area contributed by atoms with Gasteiger partial charge < -0.3 is 10.6 Å². The summed E-state index contributed by atoms with van der Waals surface area (Å²) in [7, 11) is 1.89. The Morgan fingerprint density at radius 3 is 2.75 bits per heavy atom. The van der Waals surface area contributed by atoms with Crippen LogP contribution in [0.1, 0.15) is 25.7 Å². The SMILES string of the molecule is CN(CC1CC1)C(=O)CCCN. The lowest BCUT2D eigenvalue weighted by molar-refractivity contribution is -0.130.